The van der Waals surface area contributed by atoms with E-state index in [1.54, 1.807) is 0 Å². The molecule has 1 heterocycles. The molecule has 0 aliphatic rings. The number of anilines is 3. The van der Waals surface area contributed by atoms with Gasteiger partial charge in [0.15, 0.2) is 0 Å². The van der Waals surface area contributed by atoms with Crippen molar-refractivity contribution in [2.45, 2.75) is 0 Å². The van der Waals surface area contributed by atoms with Crippen LogP contribution < -0.4 is 4.90 Å². The highest BCUT2D eigenvalue weighted by molar-refractivity contribution is 6.15. The van der Waals surface area contributed by atoms with Crippen molar-refractivity contribution in [1.82, 2.24) is 0 Å². The van der Waals surface area contributed by atoms with Crippen molar-refractivity contribution >= 4 is 60.5 Å². The fraction of sp³-hybridized carbons (Fsp3) is 0. The standard InChI is InChI=1S/C50H33NO/c1-2-10-34(11-3-1)35-22-27-41(28-23-35)51(43-15-8-14-40(32-43)45-18-9-13-37-12-4-5-16-44(37)45)42-29-24-36(25-30-42)39-21-20-38-26-31-47-46-17-6-7-19-49(46)52-50(47)48(38)33-39/h1-33H. The van der Waals surface area contributed by atoms with E-state index >= 15 is 0 Å². The molecule has 52 heavy (non-hydrogen) atoms. The van der Waals surface area contributed by atoms with E-state index in [0.717, 1.165) is 55.5 Å². The average Bonchev–Trinajstić information content (AvgIpc) is 3.61. The maximum Gasteiger partial charge on any atom is 0.143 e. The molecule has 0 radical (unpaired) electrons. The van der Waals surface area contributed by atoms with Gasteiger partial charge in [-0.3, -0.25) is 0 Å². The molecule has 0 saturated heterocycles. The zero-order chi connectivity index (χ0) is 34.4. The molecular weight excluding hydrogens is 631 g/mol. The van der Waals surface area contributed by atoms with Crippen molar-refractivity contribution in [3.05, 3.63) is 200 Å². The Kier molecular flexibility index (Phi) is 7.18. The molecule has 10 aromatic rings. The van der Waals surface area contributed by atoms with Gasteiger partial charge in [0.25, 0.3) is 0 Å². The Morgan fingerprint density at radius 1 is 0.308 bits per heavy atom. The van der Waals surface area contributed by atoms with Crippen LogP contribution in [0.15, 0.2) is 205 Å². The fourth-order valence-corrected chi connectivity index (χ4v) is 7.66. The highest BCUT2D eigenvalue weighted by Gasteiger charge is 2.16. The predicted molar refractivity (Wildman–Crippen MR) is 220 cm³/mol. The fourth-order valence-electron chi connectivity index (χ4n) is 7.66. The van der Waals surface area contributed by atoms with Gasteiger partial charge in [-0.1, -0.05) is 146 Å². The van der Waals surface area contributed by atoms with Crippen LogP contribution in [-0.2, 0) is 0 Å². The maximum absolute atomic E-state index is 6.40. The Morgan fingerprint density at radius 3 is 1.69 bits per heavy atom. The number of hydrogen-bond acceptors (Lipinski definition) is 2. The number of fused-ring (bicyclic) bond motifs is 6. The van der Waals surface area contributed by atoms with E-state index in [2.05, 4.69) is 193 Å². The van der Waals surface area contributed by atoms with Crippen LogP contribution in [0.25, 0.3) is 76.9 Å². The number of nitrogens with zero attached hydrogens (tertiary/aromatic N) is 1. The Balaban J connectivity index is 1.07. The summed E-state index contributed by atoms with van der Waals surface area (Å²) < 4.78 is 6.40. The molecule has 1 aromatic heterocycles. The van der Waals surface area contributed by atoms with Gasteiger partial charge < -0.3 is 9.32 Å². The van der Waals surface area contributed by atoms with Crippen LogP contribution in [0.4, 0.5) is 17.1 Å². The van der Waals surface area contributed by atoms with Gasteiger partial charge in [-0.15, -0.1) is 0 Å². The Labute approximate surface area is 302 Å². The summed E-state index contributed by atoms with van der Waals surface area (Å²) in [5.74, 6) is 0. The van der Waals surface area contributed by atoms with Crippen LogP contribution in [0, 0.1) is 0 Å². The van der Waals surface area contributed by atoms with Crippen molar-refractivity contribution in [1.29, 1.82) is 0 Å². The second kappa shape index (κ2) is 12.5. The molecule has 0 spiro atoms. The monoisotopic (exact) mass is 663 g/mol. The number of para-hydroxylation sites is 1. The van der Waals surface area contributed by atoms with Gasteiger partial charge in [0.2, 0.25) is 0 Å². The molecule has 10 rings (SSSR count). The first-order chi connectivity index (χ1) is 25.8. The van der Waals surface area contributed by atoms with Gasteiger partial charge in [0.1, 0.15) is 11.2 Å². The summed E-state index contributed by atoms with van der Waals surface area (Å²) in [7, 11) is 0. The minimum atomic E-state index is 0.918. The number of rotatable bonds is 6. The third-order valence-electron chi connectivity index (χ3n) is 10.3. The quantitative estimate of drug-likeness (QED) is 0.176. The third kappa shape index (κ3) is 5.21. The first-order valence-electron chi connectivity index (χ1n) is 17.8. The van der Waals surface area contributed by atoms with Crippen molar-refractivity contribution in [2.75, 3.05) is 4.90 Å². The summed E-state index contributed by atoms with van der Waals surface area (Å²) in [6.45, 7) is 0. The van der Waals surface area contributed by atoms with E-state index in [1.165, 1.54) is 38.4 Å². The summed E-state index contributed by atoms with van der Waals surface area (Å²) >= 11 is 0. The third-order valence-corrected chi connectivity index (χ3v) is 10.3. The Morgan fingerprint density at radius 2 is 0.885 bits per heavy atom. The smallest absolute Gasteiger partial charge is 0.143 e. The molecule has 0 aliphatic carbocycles. The molecule has 0 N–H and O–H groups in total. The topological polar surface area (TPSA) is 16.4 Å². The lowest BCUT2D eigenvalue weighted by atomic mass is 9.97. The van der Waals surface area contributed by atoms with E-state index in [0.29, 0.717) is 0 Å². The van der Waals surface area contributed by atoms with Crippen molar-refractivity contribution in [2.24, 2.45) is 0 Å². The number of hydrogen-bond donors (Lipinski definition) is 0. The van der Waals surface area contributed by atoms with Gasteiger partial charge >= 0.3 is 0 Å². The molecular formula is C50H33NO. The molecule has 0 saturated carbocycles. The molecule has 244 valence electrons. The highest BCUT2D eigenvalue weighted by atomic mass is 16.3. The number of benzene rings is 9. The Hall–Kier alpha value is -6.90. The lowest BCUT2D eigenvalue weighted by Gasteiger charge is -2.26. The maximum atomic E-state index is 6.40. The molecule has 0 atom stereocenters. The van der Waals surface area contributed by atoms with E-state index in [9.17, 15) is 0 Å². The molecule has 0 fully saturated rings. The lowest BCUT2D eigenvalue weighted by molar-refractivity contribution is 0.672. The summed E-state index contributed by atoms with van der Waals surface area (Å²) in [6.07, 6.45) is 0. The summed E-state index contributed by atoms with van der Waals surface area (Å²) in [5.41, 5.74) is 12.3. The lowest BCUT2D eigenvalue weighted by Crippen LogP contribution is -2.10. The molecule has 0 aliphatic heterocycles. The highest BCUT2D eigenvalue weighted by Crippen LogP contribution is 2.40. The minimum Gasteiger partial charge on any atom is -0.455 e. The number of furan rings is 1. The SMILES string of the molecule is c1ccc(-c2ccc(N(c3ccc(-c4ccc5ccc6c7ccccc7oc6c5c4)cc3)c3cccc(-c4cccc5ccccc45)c3)cc2)cc1. The molecule has 9 aromatic carbocycles. The van der Waals surface area contributed by atoms with Gasteiger partial charge in [-0.2, -0.15) is 0 Å². The van der Waals surface area contributed by atoms with E-state index in [1.807, 2.05) is 12.1 Å². The molecule has 0 bridgehead atoms. The second-order valence-electron chi connectivity index (χ2n) is 13.3. The Bertz CT molecular complexity index is 2880. The van der Waals surface area contributed by atoms with Gasteiger partial charge in [0, 0.05) is 33.2 Å². The molecule has 0 amide bonds. The van der Waals surface area contributed by atoms with Gasteiger partial charge in [-0.25, -0.2) is 0 Å². The van der Waals surface area contributed by atoms with Crippen LogP contribution in [0.2, 0.25) is 0 Å². The molecule has 2 nitrogen and oxygen atoms in total. The average molecular weight is 664 g/mol. The molecule has 0 unspecified atom stereocenters. The summed E-state index contributed by atoms with van der Waals surface area (Å²) in [4.78, 5) is 2.35. The van der Waals surface area contributed by atoms with Crippen LogP contribution in [0.5, 0.6) is 0 Å². The molecule has 2 heteroatoms. The zero-order valence-electron chi connectivity index (χ0n) is 28.4. The van der Waals surface area contributed by atoms with E-state index in [-0.39, 0.29) is 0 Å². The first kappa shape index (κ1) is 30.0. The zero-order valence-corrected chi connectivity index (χ0v) is 28.4. The van der Waals surface area contributed by atoms with Crippen LogP contribution in [0.3, 0.4) is 0 Å². The van der Waals surface area contributed by atoms with Gasteiger partial charge in [-0.05, 0) is 104 Å². The van der Waals surface area contributed by atoms with Crippen LogP contribution >= 0.6 is 0 Å². The van der Waals surface area contributed by atoms with Crippen molar-refractivity contribution in [3.8, 4) is 33.4 Å². The minimum absolute atomic E-state index is 0.918. The summed E-state index contributed by atoms with van der Waals surface area (Å²) in [6, 6.07) is 71.7. The summed E-state index contributed by atoms with van der Waals surface area (Å²) in [5, 5.41) is 7.08. The second-order valence-corrected chi connectivity index (χ2v) is 13.3. The largest absolute Gasteiger partial charge is 0.455 e. The predicted octanol–water partition coefficient (Wildman–Crippen LogP) is 14.4. The van der Waals surface area contributed by atoms with Crippen molar-refractivity contribution in [3.63, 3.8) is 0 Å². The van der Waals surface area contributed by atoms with E-state index < -0.39 is 0 Å². The van der Waals surface area contributed by atoms with E-state index in [4.69, 9.17) is 4.42 Å². The normalized spacial score (nSPS) is 11.5. The van der Waals surface area contributed by atoms with Crippen LogP contribution in [-0.4, -0.2) is 0 Å². The van der Waals surface area contributed by atoms with Crippen LogP contribution in [0.1, 0.15) is 0 Å². The van der Waals surface area contributed by atoms with Gasteiger partial charge in [0.05, 0.1) is 0 Å². The van der Waals surface area contributed by atoms with Crippen molar-refractivity contribution < 1.29 is 4.42 Å². The first-order valence-corrected chi connectivity index (χ1v) is 17.8.